The normalized spacial score (nSPS) is 20.7. The van der Waals surface area contributed by atoms with Gasteiger partial charge in [-0.05, 0) is 37.0 Å². The number of alkyl halides is 2. The molecule has 2 fully saturated rings. The lowest BCUT2D eigenvalue weighted by atomic mass is 10.0. The lowest BCUT2D eigenvalue weighted by molar-refractivity contribution is -0.0579. The Hall–Kier alpha value is -3.69. The highest BCUT2D eigenvalue weighted by Crippen LogP contribution is 2.45. The van der Waals surface area contributed by atoms with Gasteiger partial charge in [0.2, 0.25) is 11.7 Å². The van der Waals surface area contributed by atoms with E-state index in [2.05, 4.69) is 36.5 Å². The second-order valence-electron chi connectivity index (χ2n) is 10.5. The molecular formula is C27H29ClF2N8O2. The summed E-state index contributed by atoms with van der Waals surface area (Å²) in [6.07, 6.45) is 3.46. The second kappa shape index (κ2) is 10.4. The molecule has 6 rings (SSSR count). The lowest BCUT2D eigenvalue weighted by Crippen LogP contribution is -2.47. The molecule has 3 aliphatic rings. The van der Waals surface area contributed by atoms with Crippen LogP contribution in [0.5, 0.6) is 5.75 Å². The molecule has 2 aromatic heterocycles. The summed E-state index contributed by atoms with van der Waals surface area (Å²) in [6, 6.07) is 6.39. The molecule has 4 heterocycles. The van der Waals surface area contributed by atoms with Crippen molar-refractivity contribution >= 4 is 45.6 Å². The molecule has 1 aromatic carbocycles. The molecule has 1 unspecified atom stereocenters. The number of benzene rings is 1. The summed E-state index contributed by atoms with van der Waals surface area (Å²) in [7, 11) is 1.59. The number of fused-ring (bicyclic) bond motifs is 3. The zero-order chi connectivity index (χ0) is 28.0. The number of ether oxygens (including phenoxy) is 1. The van der Waals surface area contributed by atoms with E-state index in [1.165, 1.54) is 4.57 Å². The summed E-state index contributed by atoms with van der Waals surface area (Å²) in [5.74, 6) is -2.45. The largest absolute Gasteiger partial charge is 0.480 e. The van der Waals surface area contributed by atoms with Gasteiger partial charge >= 0.3 is 5.92 Å². The maximum Gasteiger partial charge on any atom is 0.301 e. The summed E-state index contributed by atoms with van der Waals surface area (Å²) in [6.45, 7) is 2.96. The minimum atomic E-state index is -3.11. The number of anilines is 4. The number of pyridine rings is 1. The SMILES string of the molecule is Cn1c(=O)c2c(c3cc(Nc4nc(N5CCN(CCC#N)CC5)ncc4Cl)ccc31)NC(C1CC1)C(F)(F)CO2. The monoisotopic (exact) mass is 570 g/mol. The number of aromatic nitrogens is 3. The van der Waals surface area contributed by atoms with Crippen LogP contribution in [-0.2, 0) is 7.05 Å². The van der Waals surface area contributed by atoms with E-state index in [1.807, 2.05) is 0 Å². The molecule has 1 atom stereocenters. The minimum Gasteiger partial charge on any atom is -0.480 e. The van der Waals surface area contributed by atoms with Crippen LogP contribution >= 0.6 is 11.6 Å². The molecule has 210 valence electrons. The van der Waals surface area contributed by atoms with E-state index in [1.54, 1.807) is 31.4 Å². The molecule has 2 aliphatic heterocycles. The molecule has 0 radical (unpaired) electrons. The number of hydrogen-bond acceptors (Lipinski definition) is 9. The molecule has 3 aromatic rings. The Kier molecular flexibility index (Phi) is 6.88. The van der Waals surface area contributed by atoms with Gasteiger partial charge in [-0.1, -0.05) is 11.6 Å². The Bertz CT molecular complexity index is 1550. The molecule has 1 saturated heterocycles. The number of piperazine rings is 1. The number of halogens is 3. The highest BCUT2D eigenvalue weighted by atomic mass is 35.5. The van der Waals surface area contributed by atoms with E-state index in [0.29, 0.717) is 52.6 Å². The zero-order valence-electron chi connectivity index (χ0n) is 22.0. The van der Waals surface area contributed by atoms with E-state index in [9.17, 15) is 13.6 Å². The van der Waals surface area contributed by atoms with Crippen LogP contribution in [0.3, 0.4) is 0 Å². The molecule has 2 N–H and O–H groups in total. The number of nitrogens with zero attached hydrogens (tertiary/aromatic N) is 6. The summed E-state index contributed by atoms with van der Waals surface area (Å²) in [4.78, 5) is 26.4. The first-order chi connectivity index (χ1) is 19.2. The fraction of sp³-hybridized carbons (Fsp3) is 0.481. The molecule has 0 bridgehead atoms. The van der Waals surface area contributed by atoms with E-state index in [4.69, 9.17) is 21.6 Å². The van der Waals surface area contributed by atoms with E-state index in [-0.39, 0.29) is 17.4 Å². The third-order valence-electron chi connectivity index (χ3n) is 7.80. The predicted molar refractivity (Wildman–Crippen MR) is 149 cm³/mol. The van der Waals surface area contributed by atoms with Crippen molar-refractivity contribution in [2.75, 3.05) is 54.9 Å². The van der Waals surface area contributed by atoms with E-state index >= 15 is 0 Å². The van der Waals surface area contributed by atoms with Crippen molar-refractivity contribution in [2.24, 2.45) is 13.0 Å². The van der Waals surface area contributed by atoms with Crippen LogP contribution in [0.25, 0.3) is 10.9 Å². The summed E-state index contributed by atoms with van der Waals surface area (Å²) >= 11 is 6.45. The lowest BCUT2D eigenvalue weighted by Gasteiger charge is -2.34. The highest BCUT2D eigenvalue weighted by Gasteiger charge is 2.51. The summed E-state index contributed by atoms with van der Waals surface area (Å²) in [5, 5.41) is 16.0. The Morgan fingerprint density at radius 2 is 2.05 bits per heavy atom. The van der Waals surface area contributed by atoms with E-state index in [0.717, 1.165) is 32.7 Å². The smallest absolute Gasteiger partial charge is 0.301 e. The van der Waals surface area contributed by atoms with Gasteiger partial charge in [0.05, 0.1) is 29.5 Å². The van der Waals surface area contributed by atoms with Crippen LogP contribution in [0.1, 0.15) is 19.3 Å². The van der Waals surface area contributed by atoms with Gasteiger partial charge < -0.3 is 24.8 Å². The number of nitrogens with one attached hydrogen (secondary N) is 2. The number of nitriles is 1. The molecule has 0 amide bonds. The molecule has 40 heavy (non-hydrogen) atoms. The maximum absolute atomic E-state index is 14.9. The highest BCUT2D eigenvalue weighted by molar-refractivity contribution is 6.33. The van der Waals surface area contributed by atoms with Gasteiger partial charge in [-0.2, -0.15) is 10.2 Å². The molecule has 10 nitrogen and oxygen atoms in total. The fourth-order valence-electron chi connectivity index (χ4n) is 5.40. The Morgan fingerprint density at radius 1 is 1.27 bits per heavy atom. The van der Waals surface area contributed by atoms with Crippen molar-refractivity contribution in [3.8, 4) is 11.8 Å². The Morgan fingerprint density at radius 3 is 2.77 bits per heavy atom. The van der Waals surface area contributed by atoms with Crippen molar-refractivity contribution < 1.29 is 13.5 Å². The average molecular weight is 571 g/mol. The first-order valence-corrected chi connectivity index (χ1v) is 13.7. The third-order valence-corrected chi connectivity index (χ3v) is 8.08. The van der Waals surface area contributed by atoms with Gasteiger partial charge in [0.15, 0.2) is 12.4 Å². The van der Waals surface area contributed by atoms with Crippen LogP contribution in [0.4, 0.5) is 31.9 Å². The third kappa shape index (κ3) is 4.99. The topological polar surface area (TPSA) is 111 Å². The molecular weight excluding hydrogens is 542 g/mol. The zero-order valence-corrected chi connectivity index (χ0v) is 22.7. The number of hydrogen-bond donors (Lipinski definition) is 2. The van der Waals surface area contributed by atoms with Crippen LogP contribution in [0.15, 0.2) is 29.2 Å². The number of aryl methyl sites for hydroxylation is 1. The first kappa shape index (κ1) is 26.5. The molecule has 1 saturated carbocycles. The van der Waals surface area contributed by atoms with Crippen molar-refractivity contribution in [2.45, 2.75) is 31.2 Å². The van der Waals surface area contributed by atoms with Crippen LogP contribution in [0, 0.1) is 17.2 Å². The molecule has 0 spiro atoms. The molecule has 13 heteroatoms. The quantitative estimate of drug-likeness (QED) is 0.454. The van der Waals surface area contributed by atoms with Crippen LogP contribution < -0.4 is 25.8 Å². The Balaban J connectivity index is 1.30. The fourth-order valence-corrected chi connectivity index (χ4v) is 5.54. The minimum absolute atomic E-state index is 0.105. The van der Waals surface area contributed by atoms with Gasteiger partial charge in [0, 0.05) is 57.3 Å². The van der Waals surface area contributed by atoms with Crippen molar-refractivity contribution in [3.63, 3.8) is 0 Å². The average Bonchev–Trinajstić information content (AvgIpc) is 3.79. The van der Waals surface area contributed by atoms with E-state index < -0.39 is 24.1 Å². The summed E-state index contributed by atoms with van der Waals surface area (Å²) < 4.78 is 36.7. The second-order valence-corrected chi connectivity index (χ2v) is 10.9. The Labute approximate surface area is 234 Å². The van der Waals surface area contributed by atoms with Crippen molar-refractivity contribution in [3.05, 3.63) is 39.8 Å². The van der Waals surface area contributed by atoms with Gasteiger partial charge in [0.1, 0.15) is 5.02 Å². The standard InChI is InChI=1S/C27H29ClF2N8O2/c1-36-20-6-5-17(13-18(20)21-22(25(36)39)40-15-27(29,30)23(34-21)16-3-4-16)33-24-19(28)14-32-26(35-24)38-11-9-37(10-12-38)8-2-7-31/h5-6,13-14,16,23,34H,2-4,8-12,15H2,1H3,(H,32,33,35). The first-order valence-electron chi connectivity index (χ1n) is 13.3. The van der Waals surface area contributed by atoms with Crippen molar-refractivity contribution in [1.82, 2.24) is 19.4 Å². The van der Waals surface area contributed by atoms with Gasteiger partial charge in [-0.15, -0.1) is 0 Å². The van der Waals surface area contributed by atoms with Gasteiger partial charge in [-0.3, -0.25) is 9.69 Å². The van der Waals surface area contributed by atoms with Crippen LogP contribution in [0.2, 0.25) is 5.02 Å². The summed E-state index contributed by atoms with van der Waals surface area (Å²) in [5.41, 5.74) is 0.995. The van der Waals surface area contributed by atoms with Gasteiger partial charge in [0.25, 0.3) is 5.56 Å². The number of rotatable bonds is 6. The van der Waals surface area contributed by atoms with Crippen molar-refractivity contribution in [1.29, 1.82) is 5.26 Å². The van der Waals surface area contributed by atoms with Crippen LogP contribution in [-0.4, -0.2) is 70.7 Å². The van der Waals surface area contributed by atoms with Gasteiger partial charge in [-0.25, -0.2) is 13.8 Å². The molecule has 1 aliphatic carbocycles. The predicted octanol–water partition coefficient (Wildman–Crippen LogP) is 3.98. The maximum atomic E-state index is 14.9.